The summed E-state index contributed by atoms with van der Waals surface area (Å²) in [5.41, 5.74) is -6.17. The fraction of sp³-hybridized carbons (Fsp3) is 0.725. The van der Waals surface area contributed by atoms with Gasteiger partial charge < -0.3 is 43.6 Å². The van der Waals surface area contributed by atoms with Gasteiger partial charge in [0.05, 0.1) is 54.9 Å². The number of fused-ring (bicyclic) bond motifs is 6. The number of ketones is 1. The van der Waals surface area contributed by atoms with Crippen LogP contribution in [0.2, 0.25) is 0 Å². The number of benzene rings is 1. The lowest BCUT2D eigenvalue weighted by molar-refractivity contribution is -0.315. The number of furan rings is 1. The quantitative estimate of drug-likeness (QED) is 0.0863. The first-order valence-electron chi connectivity index (χ1n) is 32.4. The minimum absolute atomic E-state index is 0.0213. The minimum Gasteiger partial charge on any atom is -0.469 e. The first-order chi connectivity index (χ1) is 39.7. The second-order valence-corrected chi connectivity index (χ2v) is 30.7. The SMILES string of the molecule is CC12CC=C3CC4CCC5(CCCC5)C45CC4CC6(C)C7(c8ccoc8CC(C(O)CO)C8CCC9C(C=CN%10CNCC9%10)C8)CC#CC8CCC(Cc9ccccc9)CC8C8(C(O)C(=O)C1C1(COC(=O)C5C31O2)C48)C61OC1C(=O)O7. The molecule has 8 saturated carbocycles. The summed E-state index contributed by atoms with van der Waals surface area (Å²) >= 11 is 0. The van der Waals surface area contributed by atoms with Crippen molar-refractivity contribution in [2.75, 3.05) is 26.4 Å². The number of ether oxygens (including phenoxy) is 4. The third-order valence-electron chi connectivity index (χ3n) is 28.6. The van der Waals surface area contributed by atoms with Crippen molar-refractivity contribution >= 4 is 17.7 Å². The Kier molecular flexibility index (Phi) is 10.3. The Morgan fingerprint density at radius 2 is 1.79 bits per heavy atom. The van der Waals surface area contributed by atoms with Crippen molar-refractivity contribution in [2.45, 2.75) is 183 Å². The average molecular weight is 1120 g/mol. The van der Waals surface area contributed by atoms with E-state index in [0.29, 0.717) is 54.9 Å². The topological polar surface area (TPSA) is 181 Å². The number of rotatable bonds is 8. The number of aliphatic hydroxyl groups is 3. The summed E-state index contributed by atoms with van der Waals surface area (Å²) in [6.45, 7) is 5.85. The van der Waals surface area contributed by atoms with Crippen LogP contribution in [0.15, 0.2) is 71.0 Å². The van der Waals surface area contributed by atoms with E-state index in [9.17, 15) is 15.3 Å². The van der Waals surface area contributed by atoms with Crippen LogP contribution in [0.5, 0.6) is 0 Å². The molecule has 1 aromatic carbocycles. The third-order valence-corrected chi connectivity index (χ3v) is 28.6. The molecular formula is C69H82N2O11. The van der Waals surface area contributed by atoms with E-state index in [4.69, 9.17) is 23.4 Å². The van der Waals surface area contributed by atoms with Gasteiger partial charge in [0, 0.05) is 41.3 Å². The van der Waals surface area contributed by atoms with Gasteiger partial charge in [0.25, 0.3) is 0 Å². The molecule has 82 heavy (non-hydrogen) atoms. The van der Waals surface area contributed by atoms with Crippen LogP contribution in [0.3, 0.4) is 0 Å². The maximum Gasteiger partial charge on any atom is 0.339 e. The summed E-state index contributed by atoms with van der Waals surface area (Å²) in [4.78, 5) is 51.4. The van der Waals surface area contributed by atoms with Crippen LogP contribution in [0.25, 0.3) is 0 Å². The second-order valence-electron chi connectivity index (χ2n) is 30.7. The first-order valence-corrected chi connectivity index (χ1v) is 32.4. The van der Waals surface area contributed by atoms with Gasteiger partial charge in [0.15, 0.2) is 17.5 Å². The Balaban J connectivity index is 0.867. The molecule has 1 aromatic heterocycles. The van der Waals surface area contributed by atoms with E-state index in [2.05, 4.69) is 84.6 Å². The largest absolute Gasteiger partial charge is 0.469 e. The van der Waals surface area contributed by atoms with Gasteiger partial charge in [0.1, 0.15) is 29.7 Å². The number of epoxide rings is 1. The first kappa shape index (κ1) is 51.0. The van der Waals surface area contributed by atoms with Crippen molar-refractivity contribution in [3.05, 3.63) is 83.5 Å². The van der Waals surface area contributed by atoms with Crippen LogP contribution in [-0.2, 0) is 51.8 Å². The molecule has 13 heteroatoms. The van der Waals surface area contributed by atoms with E-state index in [1.807, 2.05) is 6.07 Å². The molecule has 7 aliphatic heterocycles. The number of nitrogens with zero attached hydrogens (tertiary/aromatic N) is 1. The van der Waals surface area contributed by atoms with Crippen molar-refractivity contribution in [1.29, 1.82) is 0 Å². The van der Waals surface area contributed by atoms with Gasteiger partial charge in [-0.05, 0) is 191 Å². The molecule has 2 aromatic rings. The molecule has 4 N–H and O–H groups in total. The lowest BCUT2D eigenvalue weighted by atomic mass is 9.28. The van der Waals surface area contributed by atoms with Crippen molar-refractivity contribution < 1.29 is 53.1 Å². The van der Waals surface area contributed by atoms with Gasteiger partial charge in [-0.15, -0.1) is 0 Å². The van der Waals surface area contributed by atoms with Gasteiger partial charge in [-0.25, -0.2) is 4.79 Å². The Bertz CT molecular complexity index is 3230. The van der Waals surface area contributed by atoms with Crippen LogP contribution in [0.4, 0.5) is 0 Å². The number of carbonyl (C=O) groups excluding carboxylic acids is 3. The molecule has 6 spiro atoms. The number of aliphatic hydroxyl groups excluding tert-OH is 3. The Morgan fingerprint density at radius 1 is 0.939 bits per heavy atom. The van der Waals surface area contributed by atoms with Crippen LogP contribution in [0.1, 0.15) is 140 Å². The van der Waals surface area contributed by atoms with E-state index in [0.717, 1.165) is 103 Å². The summed E-state index contributed by atoms with van der Waals surface area (Å²) in [5.74, 6) is 5.74. The number of esters is 2. The normalized spacial score (nSPS) is 51.9. The monoisotopic (exact) mass is 1110 g/mol. The molecule has 5 saturated heterocycles. The minimum atomic E-state index is -1.55. The van der Waals surface area contributed by atoms with Gasteiger partial charge in [0.2, 0.25) is 0 Å². The second kappa shape index (κ2) is 16.6. The maximum absolute atomic E-state index is 17.1. The van der Waals surface area contributed by atoms with E-state index < -0.39 is 92.7 Å². The van der Waals surface area contributed by atoms with Gasteiger partial charge in [-0.2, -0.15) is 0 Å². The summed E-state index contributed by atoms with van der Waals surface area (Å²) in [6, 6.07) is 13.1. The van der Waals surface area contributed by atoms with E-state index >= 15 is 14.4 Å². The van der Waals surface area contributed by atoms with Crippen LogP contribution in [0, 0.1) is 110 Å². The molecule has 13 fully saturated rings. The highest BCUT2D eigenvalue weighted by Crippen LogP contribution is 2.92. The standard InChI is InChI=1S/C69H82N2O11/c1-61-23-16-45-30-44-17-24-63(20-6-7-21-63)64(44)33-43-32-62(2)66(48-19-26-78-52(48)31-47(51(73)35-72)41-14-15-46-42(29-41)18-25-71-37-70-34-50(46)71)22-8-11-40-13-12-39(27-38-9-4-3-5-10-38)28-49(40)67(69(62)58(80-69)60(77)81-66)54(43)65(55(61)53(74)57(67)75)36-79-59(76)56(64)68(45,65)82-61/h3-5,9-10,16,18-19,25-26,39-44,46-47,49-51,54-58,70,72-73,75H,6-7,12-15,17,20-24,27-37H2,1-2H3. The highest BCUT2D eigenvalue weighted by molar-refractivity contribution is 5.94. The molecule has 0 amide bonds. The smallest absolute Gasteiger partial charge is 0.339 e. The van der Waals surface area contributed by atoms with Gasteiger partial charge in [-0.1, -0.05) is 74.1 Å². The lowest BCUT2D eigenvalue weighted by Crippen LogP contribution is -2.83. The van der Waals surface area contributed by atoms with Crippen molar-refractivity contribution in [2.24, 2.45) is 98.1 Å². The zero-order valence-electron chi connectivity index (χ0n) is 47.8. The fourth-order valence-electron chi connectivity index (χ4n) is 26.4. The number of hydrogen-bond acceptors (Lipinski definition) is 13. The van der Waals surface area contributed by atoms with Crippen molar-refractivity contribution in [3.63, 3.8) is 0 Å². The summed E-state index contributed by atoms with van der Waals surface area (Å²) in [7, 11) is 0. The summed E-state index contributed by atoms with van der Waals surface area (Å²) in [5, 5.41) is 41.3. The van der Waals surface area contributed by atoms with Gasteiger partial charge in [-0.3, -0.25) is 14.9 Å². The number of Topliss-reactive ketones (excluding diaryl/α,β-unsaturated/α-hetero) is 1. The van der Waals surface area contributed by atoms with Crippen LogP contribution >= 0.6 is 0 Å². The molecule has 24 atom stereocenters. The van der Waals surface area contributed by atoms with Gasteiger partial charge >= 0.3 is 11.9 Å². The Labute approximate surface area is 481 Å². The zero-order chi connectivity index (χ0) is 55.3. The molecule has 8 heterocycles. The van der Waals surface area contributed by atoms with Crippen molar-refractivity contribution in [3.8, 4) is 11.8 Å². The molecule has 434 valence electrons. The molecule has 16 aliphatic rings. The fourth-order valence-corrected chi connectivity index (χ4v) is 26.4. The average Bonchev–Trinajstić information content (AvgIpc) is 1.50. The predicted octanol–water partition coefficient (Wildman–Crippen LogP) is 8.12. The predicted molar refractivity (Wildman–Crippen MR) is 297 cm³/mol. The lowest BCUT2D eigenvalue weighted by Gasteiger charge is -2.74. The van der Waals surface area contributed by atoms with Crippen LogP contribution < -0.4 is 5.32 Å². The molecule has 0 radical (unpaired) electrons. The molecule has 18 rings (SSSR count). The number of allylic oxidation sites excluding steroid dienone is 1. The zero-order valence-corrected chi connectivity index (χ0v) is 47.8. The van der Waals surface area contributed by atoms with E-state index in [-0.39, 0.29) is 71.6 Å². The molecular weight excluding hydrogens is 1030 g/mol. The molecule has 24 unspecified atom stereocenters. The number of hydrogen-bond donors (Lipinski definition) is 4. The Morgan fingerprint density at radius 3 is 2.63 bits per heavy atom. The Hall–Kier alpha value is -4.29. The number of cyclic esters (lactones) is 1. The molecule has 13 nitrogen and oxygen atoms in total. The summed E-state index contributed by atoms with van der Waals surface area (Å²) < 4.78 is 37.0. The maximum atomic E-state index is 17.1. The third kappa shape index (κ3) is 5.56. The highest BCUT2D eigenvalue weighted by atomic mass is 16.7. The van der Waals surface area contributed by atoms with Crippen molar-refractivity contribution in [1.82, 2.24) is 10.2 Å². The van der Waals surface area contributed by atoms with E-state index in [1.54, 1.807) is 6.26 Å². The van der Waals surface area contributed by atoms with Crippen LogP contribution in [-0.4, -0.2) is 106 Å². The highest BCUT2D eigenvalue weighted by Gasteiger charge is 3.00. The molecule has 9 aliphatic carbocycles. The number of nitrogens with one attached hydrogen (secondary N) is 1. The molecule has 9 bridgehead atoms. The number of carbonyl (C=O) groups is 3. The van der Waals surface area contributed by atoms with E-state index in [1.165, 1.54) is 11.1 Å². The summed E-state index contributed by atoms with van der Waals surface area (Å²) in [6.07, 6.45) is 20.5.